The number of hydrogen-bond donors (Lipinski definition) is 1. The zero-order valence-electron chi connectivity index (χ0n) is 6.63. The Bertz CT molecular complexity index is 440. The summed E-state index contributed by atoms with van der Waals surface area (Å²) in [6.45, 7) is 0. The lowest BCUT2D eigenvalue weighted by atomic mass is 10.4. The maximum absolute atomic E-state index is 11.0. The van der Waals surface area contributed by atoms with Crippen LogP contribution in [0.15, 0.2) is 17.4 Å². The molecule has 0 aromatic carbocycles. The summed E-state index contributed by atoms with van der Waals surface area (Å²) in [5.74, 6) is -1.39. The lowest BCUT2D eigenvalue weighted by Crippen LogP contribution is -2.10. The lowest BCUT2D eigenvalue weighted by Gasteiger charge is -1.99. The molecule has 0 amide bonds. The molecular weight excluding hydrogens is 196 g/mol. The van der Waals surface area contributed by atoms with Crippen molar-refractivity contribution in [2.45, 2.75) is 4.90 Å². The van der Waals surface area contributed by atoms with Crippen molar-refractivity contribution < 1.29 is 18.3 Å². The minimum Gasteiger partial charge on any atom is -0.476 e. The van der Waals surface area contributed by atoms with Crippen molar-refractivity contribution >= 4 is 15.8 Å². The highest BCUT2D eigenvalue weighted by atomic mass is 32.2. The fourth-order valence-electron chi connectivity index (χ4n) is 0.749. The SMILES string of the molecule is CS(=O)(=O)c1cncnc1C(=O)O. The van der Waals surface area contributed by atoms with Gasteiger partial charge in [0.25, 0.3) is 0 Å². The van der Waals surface area contributed by atoms with Gasteiger partial charge in [0.2, 0.25) is 0 Å². The number of nitrogens with zero attached hydrogens (tertiary/aromatic N) is 2. The van der Waals surface area contributed by atoms with Gasteiger partial charge in [-0.2, -0.15) is 0 Å². The highest BCUT2D eigenvalue weighted by Crippen LogP contribution is 2.10. The molecule has 1 aromatic heterocycles. The molecule has 0 atom stereocenters. The second-order valence-electron chi connectivity index (χ2n) is 2.31. The third-order valence-electron chi connectivity index (χ3n) is 1.28. The lowest BCUT2D eigenvalue weighted by molar-refractivity contribution is 0.0685. The molecule has 13 heavy (non-hydrogen) atoms. The standard InChI is InChI=1S/C6H6N2O4S/c1-13(11,12)4-2-7-3-8-5(4)6(9)10/h2-3H,1H3,(H,9,10). The topological polar surface area (TPSA) is 97.2 Å². The highest BCUT2D eigenvalue weighted by molar-refractivity contribution is 7.90. The van der Waals surface area contributed by atoms with Gasteiger partial charge in [0.05, 0.1) is 0 Å². The summed E-state index contributed by atoms with van der Waals surface area (Å²) >= 11 is 0. The van der Waals surface area contributed by atoms with E-state index in [0.717, 1.165) is 18.8 Å². The molecule has 70 valence electrons. The van der Waals surface area contributed by atoms with E-state index in [2.05, 4.69) is 9.97 Å². The zero-order chi connectivity index (χ0) is 10.1. The van der Waals surface area contributed by atoms with E-state index in [-0.39, 0.29) is 4.90 Å². The van der Waals surface area contributed by atoms with Crippen LogP contribution in [0.5, 0.6) is 0 Å². The molecule has 7 heteroatoms. The molecule has 0 aliphatic carbocycles. The smallest absolute Gasteiger partial charge is 0.355 e. The van der Waals surface area contributed by atoms with Crippen molar-refractivity contribution in [2.75, 3.05) is 6.26 Å². The summed E-state index contributed by atoms with van der Waals surface area (Å²) in [4.78, 5) is 16.9. The van der Waals surface area contributed by atoms with Gasteiger partial charge in [-0.25, -0.2) is 23.2 Å². The monoisotopic (exact) mass is 202 g/mol. The van der Waals surface area contributed by atoms with Gasteiger partial charge >= 0.3 is 5.97 Å². The number of sulfone groups is 1. The van der Waals surface area contributed by atoms with Crippen LogP contribution in [-0.2, 0) is 9.84 Å². The fraction of sp³-hybridized carbons (Fsp3) is 0.167. The molecule has 1 heterocycles. The third-order valence-corrected chi connectivity index (χ3v) is 2.38. The number of carbonyl (C=O) groups is 1. The van der Waals surface area contributed by atoms with Gasteiger partial charge in [-0.15, -0.1) is 0 Å². The second kappa shape index (κ2) is 3.09. The normalized spacial score (nSPS) is 11.2. The third kappa shape index (κ3) is 2.00. The molecule has 0 saturated carbocycles. The number of carboxylic acid groups (broad SMARTS) is 1. The molecule has 1 rings (SSSR count). The van der Waals surface area contributed by atoms with Crippen molar-refractivity contribution in [1.29, 1.82) is 0 Å². The Hall–Kier alpha value is -1.50. The minimum absolute atomic E-state index is 0.373. The van der Waals surface area contributed by atoms with Crippen molar-refractivity contribution in [3.05, 3.63) is 18.2 Å². The molecular formula is C6H6N2O4S. The Morgan fingerprint density at radius 1 is 1.54 bits per heavy atom. The number of aromatic nitrogens is 2. The van der Waals surface area contributed by atoms with Crippen LogP contribution in [0.1, 0.15) is 10.5 Å². The number of carboxylic acids is 1. The van der Waals surface area contributed by atoms with Gasteiger partial charge in [-0.05, 0) is 0 Å². The van der Waals surface area contributed by atoms with Crippen LogP contribution in [-0.4, -0.2) is 35.7 Å². The molecule has 0 aliphatic rings. The maximum atomic E-state index is 11.0. The largest absolute Gasteiger partial charge is 0.476 e. The van der Waals surface area contributed by atoms with E-state index in [1.165, 1.54) is 0 Å². The summed E-state index contributed by atoms with van der Waals surface area (Å²) in [6, 6.07) is 0. The molecule has 0 saturated heterocycles. The van der Waals surface area contributed by atoms with Gasteiger partial charge in [-0.3, -0.25) is 0 Å². The Morgan fingerprint density at radius 3 is 2.54 bits per heavy atom. The quantitative estimate of drug-likeness (QED) is 0.699. The summed E-state index contributed by atoms with van der Waals surface area (Å²) < 4.78 is 22.0. The first-order valence-electron chi connectivity index (χ1n) is 3.16. The summed E-state index contributed by atoms with van der Waals surface area (Å²) in [5, 5.41) is 8.57. The predicted molar refractivity (Wildman–Crippen MR) is 42.1 cm³/mol. The van der Waals surface area contributed by atoms with Gasteiger partial charge in [0.15, 0.2) is 15.5 Å². The van der Waals surface area contributed by atoms with Crippen LogP contribution in [0.4, 0.5) is 0 Å². The van der Waals surface area contributed by atoms with Crippen molar-refractivity contribution in [1.82, 2.24) is 9.97 Å². The first kappa shape index (κ1) is 9.59. The molecule has 0 spiro atoms. The number of rotatable bonds is 2. The second-order valence-corrected chi connectivity index (χ2v) is 4.30. The van der Waals surface area contributed by atoms with E-state index in [1.54, 1.807) is 0 Å². The van der Waals surface area contributed by atoms with Crippen molar-refractivity contribution in [3.63, 3.8) is 0 Å². The van der Waals surface area contributed by atoms with Gasteiger partial charge in [-0.1, -0.05) is 0 Å². The highest BCUT2D eigenvalue weighted by Gasteiger charge is 2.19. The first-order valence-corrected chi connectivity index (χ1v) is 5.05. The van der Waals surface area contributed by atoms with Gasteiger partial charge in [0, 0.05) is 12.5 Å². The Kier molecular flexibility index (Phi) is 2.28. The molecule has 0 fully saturated rings. The van der Waals surface area contributed by atoms with Gasteiger partial charge in [0.1, 0.15) is 11.2 Å². The molecule has 0 unspecified atom stereocenters. The molecule has 1 N–H and O–H groups in total. The van der Waals surface area contributed by atoms with Crippen molar-refractivity contribution in [3.8, 4) is 0 Å². The van der Waals surface area contributed by atoms with Crippen LogP contribution >= 0.6 is 0 Å². The summed E-state index contributed by atoms with van der Waals surface area (Å²) in [6.07, 6.45) is 2.85. The summed E-state index contributed by atoms with van der Waals surface area (Å²) in [5.41, 5.74) is -0.502. The first-order chi connectivity index (χ1) is 5.93. The van der Waals surface area contributed by atoms with Crippen LogP contribution in [0, 0.1) is 0 Å². The number of hydrogen-bond acceptors (Lipinski definition) is 5. The Morgan fingerprint density at radius 2 is 2.15 bits per heavy atom. The van der Waals surface area contributed by atoms with E-state index in [0.29, 0.717) is 0 Å². The van der Waals surface area contributed by atoms with E-state index < -0.39 is 21.5 Å². The molecule has 0 radical (unpaired) electrons. The maximum Gasteiger partial charge on any atom is 0.355 e. The Balaban J connectivity index is 3.46. The summed E-state index contributed by atoms with van der Waals surface area (Å²) in [7, 11) is -3.58. The average molecular weight is 202 g/mol. The van der Waals surface area contributed by atoms with Crippen LogP contribution in [0.3, 0.4) is 0 Å². The van der Waals surface area contributed by atoms with E-state index in [4.69, 9.17) is 5.11 Å². The van der Waals surface area contributed by atoms with Crippen molar-refractivity contribution in [2.24, 2.45) is 0 Å². The molecule has 0 aliphatic heterocycles. The van der Waals surface area contributed by atoms with Crippen LogP contribution in [0.25, 0.3) is 0 Å². The van der Waals surface area contributed by atoms with E-state index >= 15 is 0 Å². The van der Waals surface area contributed by atoms with Crippen LogP contribution in [0.2, 0.25) is 0 Å². The number of aromatic carboxylic acids is 1. The fourth-order valence-corrected chi connectivity index (χ4v) is 1.49. The molecule has 6 nitrogen and oxygen atoms in total. The predicted octanol–water partition coefficient (Wildman–Crippen LogP) is -0.422. The van der Waals surface area contributed by atoms with E-state index in [1.807, 2.05) is 0 Å². The molecule has 0 bridgehead atoms. The average Bonchev–Trinajstić information content (AvgIpc) is 2.03. The molecule has 1 aromatic rings. The van der Waals surface area contributed by atoms with Crippen LogP contribution < -0.4 is 0 Å². The Labute approximate surface area is 74.2 Å². The minimum atomic E-state index is -3.58. The zero-order valence-corrected chi connectivity index (χ0v) is 7.45. The van der Waals surface area contributed by atoms with Gasteiger partial charge < -0.3 is 5.11 Å². The van der Waals surface area contributed by atoms with E-state index in [9.17, 15) is 13.2 Å².